The van der Waals surface area contributed by atoms with Gasteiger partial charge in [-0.1, -0.05) is 6.92 Å². The van der Waals surface area contributed by atoms with Crippen molar-refractivity contribution >= 4 is 11.8 Å². The smallest absolute Gasteiger partial charge is 0.346 e. The Balaban J connectivity index is 0.000000184. The molecule has 2 rings (SSSR count). The van der Waals surface area contributed by atoms with E-state index in [-0.39, 0.29) is 6.03 Å². The summed E-state index contributed by atoms with van der Waals surface area (Å²) in [5.74, 6) is 0.338. The number of nitrogens with one attached hydrogen (secondary N) is 3. The molecule has 0 saturated heterocycles. The van der Waals surface area contributed by atoms with Gasteiger partial charge in [0.1, 0.15) is 11.5 Å². The van der Waals surface area contributed by atoms with Crippen LogP contribution >= 0.6 is 0 Å². The number of nitrogens with zero attached hydrogens (tertiary/aromatic N) is 1. The van der Waals surface area contributed by atoms with Crippen molar-refractivity contribution in [2.45, 2.75) is 19.0 Å². The number of aromatic amines is 1. The van der Waals surface area contributed by atoms with Gasteiger partial charge >= 0.3 is 11.7 Å². The second-order valence-corrected chi connectivity index (χ2v) is 3.66. The third kappa shape index (κ3) is 4.26. The average Bonchev–Trinajstić information content (AvgIpc) is 2.29. The van der Waals surface area contributed by atoms with Crippen molar-refractivity contribution in [3.05, 3.63) is 35.0 Å². The van der Waals surface area contributed by atoms with Crippen molar-refractivity contribution in [3.63, 3.8) is 0 Å². The molecule has 1 unspecified atom stereocenters. The molecule has 98 valence electrons. The molecular formula is C10H16N6O2. The number of hydrogen-bond donors (Lipinski definition) is 5. The first-order valence-corrected chi connectivity index (χ1v) is 5.31. The molecule has 0 bridgehead atoms. The average molecular weight is 252 g/mol. The van der Waals surface area contributed by atoms with E-state index in [1.54, 1.807) is 12.3 Å². The lowest BCUT2D eigenvalue weighted by Gasteiger charge is -2.28. The Labute approximate surface area is 103 Å². The molecule has 2 heterocycles. The van der Waals surface area contributed by atoms with E-state index in [9.17, 15) is 9.59 Å². The number of rotatable bonds is 1. The van der Waals surface area contributed by atoms with Crippen LogP contribution < -0.4 is 27.8 Å². The van der Waals surface area contributed by atoms with Gasteiger partial charge in [0, 0.05) is 12.4 Å². The number of H-pyrrole nitrogens is 1. The standard InChI is InChI=1S/C6H11N3O.C4H5N3O/c1-2-6(7)3-4-8-5(10)9-6;5-3-1-2-6-4(8)7-3/h3-4H,2,7H2,1H3,(H2,8,9,10);1-2H,(H3,5,6,7,8). The molecule has 2 amide bonds. The Morgan fingerprint density at radius 1 is 1.44 bits per heavy atom. The fourth-order valence-electron chi connectivity index (χ4n) is 1.14. The molecule has 0 spiro atoms. The normalized spacial score (nSPS) is 21.3. The van der Waals surface area contributed by atoms with Crippen LogP contribution in [-0.2, 0) is 0 Å². The van der Waals surface area contributed by atoms with E-state index >= 15 is 0 Å². The van der Waals surface area contributed by atoms with Crippen LogP contribution in [0.2, 0.25) is 0 Å². The molecule has 0 saturated carbocycles. The first kappa shape index (κ1) is 13.7. The van der Waals surface area contributed by atoms with E-state index < -0.39 is 11.4 Å². The quantitative estimate of drug-likeness (QED) is 0.446. The van der Waals surface area contributed by atoms with Crippen LogP contribution in [0.3, 0.4) is 0 Å². The molecule has 0 aromatic carbocycles. The van der Waals surface area contributed by atoms with E-state index in [4.69, 9.17) is 11.5 Å². The molecule has 1 aliphatic rings. The monoisotopic (exact) mass is 252 g/mol. The lowest BCUT2D eigenvalue weighted by molar-refractivity contribution is 0.231. The Kier molecular flexibility index (Phi) is 4.44. The van der Waals surface area contributed by atoms with Crippen LogP contribution in [0.25, 0.3) is 0 Å². The number of hydrogen-bond acceptors (Lipinski definition) is 5. The summed E-state index contributed by atoms with van der Waals surface area (Å²) in [4.78, 5) is 26.6. The third-order valence-corrected chi connectivity index (χ3v) is 2.22. The van der Waals surface area contributed by atoms with Crippen molar-refractivity contribution < 1.29 is 4.79 Å². The lowest BCUT2D eigenvalue weighted by Crippen LogP contribution is -2.58. The Bertz CT molecular complexity index is 497. The summed E-state index contributed by atoms with van der Waals surface area (Å²) in [5, 5.41) is 5.04. The number of carbonyl (C=O) groups excluding carboxylic acids is 1. The van der Waals surface area contributed by atoms with E-state index in [0.717, 1.165) is 0 Å². The highest BCUT2D eigenvalue weighted by Gasteiger charge is 2.23. The first-order chi connectivity index (χ1) is 8.45. The summed E-state index contributed by atoms with van der Waals surface area (Å²) in [5.41, 5.74) is 9.79. The van der Waals surface area contributed by atoms with E-state index in [2.05, 4.69) is 20.6 Å². The van der Waals surface area contributed by atoms with Gasteiger partial charge in [0.05, 0.1) is 0 Å². The number of carbonyl (C=O) groups is 1. The zero-order valence-electron chi connectivity index (χ0n) is 9.93. The number of amides is 2. The largest absolute Gasteiger partial charge is 0.385 e. The van der Waals surface area contributed by atoms with Gasteiger partial charge in [-0.2, -0.15) is 0 Å². The van der Waals surface area contributed by atoms with Gasteiger partial charge in [0.15, 0.2) is 0 Å². The van der Waals surface area contributed by atoms with Crippen molar-refractivity contribution in [3.8, 4) is 0 Å². The number of nitrogen functional groups attached to an aromatic ring is 1. The zero-order chi connectivity index (χ0) is 13.6. The Morgan fingerprint density at radius 3 is 2.56 bits per heavy atom. The number of anilines is 1. The highest BCUT2D eigenvalue weighted by atomic mass is 16.2. The second-order valence-electron chi connectivity index (χ2n) is 3.66. The molecule has 0 aliphatic carbocycles. The fourth-order valence-corrected chi connectivity index (χ4v) is 1.14. The molecule has 1 aromatic rings. The Morgan fingerprint density at radius 2 is 2.17 bits per heavy atom. The molecule has 1 aromatic heterocycles. The molecular weight excluding hydrogens is 236 g/mol. The van der Waals surface area contributed by atoms with Crippen LogP contribution in [0.1, 0.15) is 13.3 Å². The Hall–Kier alpha value is -2.35. The van der Waals surface area contributed by atoms with Gasteiger partial charge in [-0.3, -0.25) is 4.98 Å². The predicted molar refractivity (Wildman–Crippen MR) is 67.3 cm³/mol. The van der Waals surface area contributed by atoms with Gasteiger partial charge in [0.2, 0.25) is 0 Å². The summed E-state index contributed by atoms with van der Waals surface area (Å²) in [7, 11) is 0. The molecule has 0 fully saturated rings. The minimum Gasteiger partial charge on any atom is -0.385 e. The number of urea groups is 1. The zero-order valence-corrected chi connectivity index (χ0v) is 9.93. The molecule has 8 nitrogen and oxygen atoms in total. The maximum atomic E-state index is 10.7. The third-order valence-electron chi connectivity index (χ3n) is 2.22. The van der Waals surface area contributed by atoms with Crippen molar-refractivity contribution in [2.75, 3.05) is 5.73 Å². The van der Waals surface area contributed by atoms with Gasteiger partial charge in [-0.15, -0.1) is 0 Å². The molecule has 8 heteroatoms. The minimum absolute atomic E-state index is 0.244. The summed E-state index contributed by atoms with van der Waals surface area (Å²) in [6, 6.07) is 1.27. The van der Waals surface area contributed by atoms with Crippen LogP contribution in [0.4, 0.5) is 10.6 Å². The highest BCUT2D eigenvalue weighted by Crippen LogP contribution is 2.05. The first-order valence-electron chi connectivity index (χ1n) is 5.31. The minimum atomic E-state index is -0.650. The van der Waals surface area contributed by atoms with Crippen LogP contribution in [0.15, 0.2) is 29.3 Å². The number of nitrogens with two attached hydrogens (primary N) is 2. The molecule has 1 aliphatic heterocycles. The van der Waals surface area contributed by atoms with E-state index in [0.29, 0.717) is 12.2 Å². The van der Waals surface area contributed by atoms with Gasteiger partial charge < -0.3 is 22.1 Å². The second kappa shape index (κ2) is 5.82. The molecule has 7 N–H and O–H groups in total. The highest BCUT2D eigenvalue weighted by molar-refractivity contribution is 5.77. The van der Waals surface area contributed by atoms with E-state index in [1.165, 1.54) is 12.3 Å². The predicted octanol–water partition coefficient (Wildman–Crippen LogP) is -0.770. The summed E-state index contributed by atoms with van der Waals surface area (Å²) < 4.78 is 0. The number of aromatic nitrogens is 2. The van der Waals surface area contributed by atoms with Crippen molar-refractivity contribution in [2.24, 2.45) is 5.73 Å². The van der Waals surface area contributed by atoms with E-state index in [1.807, 2.05) is 6.92 Å². The summed E-state index contributed by atoms with van der Waals surface area (Å²) >= 11 is 0. The topological polar surface area (TPSA) is 139 Å². The van der Waals surface area contributed by atoms with Crippen LogP contribution in [0.5, 0.6) is 0 Å². The molecule has 1 atom stereocenters. The van der Waals surface area contributed by atoms with Gasteiger partial charge in [-0.05, 0) is 18.6 Å². The molecule has 0 radical (unpaired) electrons. The fraction of sp³-hybridized carbons (Fsp3) is 0.300. The van der Waals surface area contributed by atoms with Crippen molar-refractivity contribution in [1.29, 1.82) is 0 Å². The lowest BCUT2D eigenvalue weighted by atomic mass is 10.1. The van der Waals surface area contributed by atoms with Gasteiger partial charge in [0.25, 0.3) is 0 Å². The maximum Gasteiger partial charge on any atom is 0.346 e. The SMILES string of the molecule is CCC1(N)C=CNC(=O)N1.Nc1ccnc(=O)[nH]1. The van der Waals surface area contributed by atoms with Crippen LogP contribution in [0, 0.1) is 0 Å². The summed E-state index contributed by atoms with van der Waals surface area (Å²) in [6.45, 7) is 1.91. The molecule has 18 heavy (non-hydrogen) atoms. The van der Waals surface area contributed by atoms with Gasteiger partial charge in [-0.25, -0.2) is 14.6 Å². The maximum absolute atomic E-state index is 10.7. The van der Waals surface area contributed by atoms with Crippen LogP contribution in [-0.4, -0.2) is 21.7 Å². The van der Waals surface area contributed by atoms with Crippen molar-refractivity contribution in [1.82, 2.24) is 20.6 Å². The summed E-state index contributed by atoms with van der Waals surface area (Å²) in [6.07, 6.45) is 5.34.